The summed E-state index contributed by atoms with van der Waals surface area (Å²) in [6.45, 7) is 1.66. The third kappa shape index (κ3) is 4.45. The lowest BCUT2D eigenvalue weighted by Gasteiger charge is -2.22. The number of anilines is 1. The van der Waals surface area contributed by atoms with E-state index in [4.69, 9.17) is 16.3 Å². The molecule has 1 saturated heterocycles. The third-order valence-corrected chi connectivity index (χ3v) is 6.61. The van der Waals surface area contributed by atoms with E-state index in [0.717, 1.165) is 30.2 Å². The van der Waals surface area contributed by atoms with Gasteiger partial charge in [0.15, 0.2) is 0 Å². The number of rotatable bonds is 6. The van der Waals surface area contributed by atoms with Crippen LogP contribution in [0, 0.1) is 0 Å². The molecule has 0 bridgehead atoms. The zero-order valence-electron chi connectivity index (χ0n) is 15.8. The number of pyridine rings is 1. The summed E-state index contributed by atoms with van der Waals surface area (Å²) in [4.78, 5) is 18.9. The molecule has 0 amide bonds. The molecule has 9 heteroatoms. The fourth-order valence-corrected chi connectivity index (χ4v) is 4.04. The van der Waals surface area contributed by atoms with Crippen molar-refractivity contribution in [2.75, 3.05) is 32.1 Å². The maximum atomic E-state index is 12.8. The fraction of sp³-hybridized carbons (Fsp3) is 0.368. The molecule has 0 radical (unpaired) electrons. The van der Waals surface area contributed by atoms with Crippen LogP contribution in [0.15, 0.2) is 41.4 Å². The Morgan fingerprint density at radius 1 is 1.21 bits per heavy atom. The highest BCUT2D eigenvalue weighted by molar-refractivity contribution is 7.89. The predicted octanol–water partition coefficient (Wildman–Crippen LogP) is 2.94. The smallest absolute Gasteiger partial charge is 0.340 e. The van der Waals surface area contributed by atoms with Crippen LogP contribution in [0.25, 0.3) is 0 Å². The lowest BCUT2D eigenvalue weighted by Crippen LogP contribution is -2.24. The molecule has 0 aliphatic carbocycles. The van der Waals surface area contributed by atoms with E-state index in [1.165, 1.54) is 32.4 Å². The number of hydrogen-bond donors (Lipinski definition) is 0. The van der Waals surface area contributed by atoms with Crippen LogP contribution < -0.4 is 4.90 Å². The van der Waals surface area contributed by atoms with Gasteiger partial charge in [-0.05, 0) is 37.1 Å². The molecule has 0 unspecified atom stereocenters. The van der Waals surface area contributed by atoms with Gasteiger partial charge < -0.3 is 9.64 Å². The second-order valence-corrected chi connectivity index (χ2v) is 9.26. The summed E-state index contributed by atoms with van der Waals surface area (Å²) in [5.41, 5.74) is 1.62. The van der Waals surface area contributed by atoms with Gasteiger partial charge in [-0.25, -0.2) is 22.5 Å². The number of halogens is 1. The van der Waals surface area contributed by atoms with Gasteiger partial charge in [0.05, 0.1) is 16.1 Å². The van der Waals surface area contributed by atoms with Crippen LogP contribution in [0.4, 0.5) is 5.69 Å². The molecule has 0 saturated carbocycles. The van der Waals surface area contributed by atoms with Gasteiger partial charge in [0.1, 0.15) is 11.8 Å². The Hall–Kier alpha value is -2.16. The minimum absolute atomic E-state index is 0.0209. The first-order chi connectivity index (χ1) is 13.3. The molecule has 1 aromatic carbocycles. The van der Waals surface area contributed by atoms with Gasteiger partial charge in [-0.15, -0.1) is 0 Å². The van der Waals surface area contributed by atoms with E-state index in [2.05, 4.69) is 9.88 Å². The van der Waals surface area contributed by atoms with Crippen molar-refractivity contribution in [2.45, 2.75) is 24.3 Å². The van der Waals surface area contributed by atoms with Gasteiger partial charge in [0, 0.05) is 38.9 Å². The van der Waals surface area contributed by atoms with Gasteiger partial charge in [0.25, 0.3) is 0 Å². The number of nitrogens with zero attached hydrogens (tertiary/aromatic N) is 3. The normalized spacial score (nSPS) is 14.5. The molecule has 0 atom stereocenters. The van der Waals surface area contributed by atoms with Crippen molar-refractivity contribution in [2.24, 2.45) is 0 Å². The monoisotopic (exact) mass is 423 g/mol. The number of hydrogen-bond acceptors (Lipinski definition) is 6. The third-order valence-electron chi connectivity index (χ3n) is 4.57. The lowest BCUT2D eigenvalue weighted by atomic mass is 10.1. The quantitative estimate of drug-likeness (QED) is 0.525. The van der Waals surface area contributed by atoms with Crippen molar-refractivity contribution in [1.82, 2.24) is 9.29 Å². The first-order valence-electron chi connectivity index (χ1n) is 8.88. The Kier molecular flexibility index (Phi) is 6.22. The Bertz CT molecular complexity index is 956. The number of carbonyl (C=O) groups excluding carboxylic acids is 1. The highest BCUT2D eigenvalue weighted by Gasteiger charge is 2.25. The maximum absolute atomic E-state index is 12.8. The lowest BCUT2D eigenvalue weighted by molar-refractivity contribution is 0.0473. The molecule has 1 aromatic heterocycles. The van der Waals surface area contributed by atoms with E-state index in [9.17, 15) is 13.2 Å². The van der Waals surface area contributed by atoms with Crippen LogP contribution >= 0.6 is 11.6 Å². The van der Waals surface area contributed by atoms with Crippen LogP contribution in [0.5, 0.6) is 0 Å². The topological polar surface area (TPSA) is 79.8 Å². The highest BCUT2D eigenvalue weighted by Crippen LogP contribution is 2.29. The van der Waals surface area contributed by atoms with Gasteiger partial charge in [-0.2, -0.15) is 0 Å². The molecule has 3 rings (SSSR count). The van der Waals surface area contributed by atoms with Gasteiger partial charge in [-0.1, -0.05) is 17.7 Å². The molecular formula is C19H22ClN3O4S. The molecule has 7 nitrogen and oxygen atoms in total. The van der Waals surface area contributed by atoms with Crippen molar-refractivity contribution in [1.29, 1.82) is 0 Å². The van der Waals surface area contributed by atoms with Crippen LogP contribution in [0.2, 0.25) is 5.15 Å². The second-order valence-electron chi connectivity index (χ2n) is 6.73. The number of esters is 1. The van der Waals surface area contributed by atoms with Crippen molar-refractivity contribution >= 4 is 33.3 Å². The molecule has 0 N–H and O–H groups in total. The Morgan fingerprint density at radius 3 is 2.54 bits per heavy atom. The van der Waals surface area contributed by atoms with Gasteiger partial charge >= 0.3 is 5.97 Å². The number of ether oxygens (including phenoxy) is 1. The number of carbonyl (C=O) groups is 1. The Balaban J connectivity index is 1.90. The maximum Gasteiger partial charge on any atom is 0.340 e. The molecular weight excluding hydrogens is 402 g/mol. The molecule has 2 aromatic rings. The van der Waals surface area contributed by atoms with Crippen LogP contribution in [-0.4, -0.2) is 50.9 Å². The SMILES string of the molecule is CN(C)S(=O)(=O)c1ccc(N2CCCC2)c(C(=O)OCc2ccc(Cl)nc2)c1. The van der Waals surface area contributed by atoms with Crippen molar-refractivity contribution in [3.63, 3.8) is 0 Å². The molecule has 2 heterocycles. The van der Waals surface area contributed by atoms with Gasteiger partial charge in [-0.3, -0.25) is 0 Å². The predicted molar refractivity (Wildman–Crippen MR) is 107 cm³/mol. The molecule has 1 aliphatic rings. The summed E-state index contributed by atoms with van der Waals surface area (Å²) in [7, 11) is -0.755. The standard InChI is InChI=1S/C19H22ClN3O4S/c1-22(2)28(25,26)15-6-7-17(23-9-3-4-10-23)16(11-15)19(24)27-13-14-5-8-18(20)21-12-14/h5-8,11-12H,3-4,9-10,13H2,1-2H3. The molecule has 150 valence electrons. The number of benzene rings is 1. The van der Waals surface area contributed by atoms with E-state index >= 15 is 0 Å². The van der Waals surface area contributed by atoms with Crippen molar-refractivity contribution in [3.05, 3.63) is 52.8 Å². The minimum Gasteiger partial charge on any atom is -0.457 e. The summed E-state index contributed by atoms with van der Waals surface area (Å²) in [6, 6.07) is 7.94. The Labute approximate surface area is 169 Å². The minimum atomic E-state index is -3.66. The largest absolute Gasteiger partial charge is 0.457 e. The van der Waals surface area contributed by atoms with E-state index in [0.29, 0.717) is 16.4 Å². The van der Waals surface area contributed by atoms with E-state index in [1.807, 2.05) is 0 Å². The van der Waals surface area contributed by atoms with E-state index in [-0.39, 0.29) is 17.1 Å². The molecule has 0 spiro atoms. The fourth-order valence-electron chi connectivity index (χ4n) is 3.00. The van der Waals surface area contributed by atoms with Gasteiger partial charge in [0.2, 0.25) is 10.0 Å². The molecule has 1 aliphatic heterocycles. The first kappa shape index (κ1) is 20.6. The zero-order valence-corrected chi connectivity index (χ0v) is 17.3. The van der Waals surface area contributed by atoms with Crippen molar-refractivity contribution in [3.8, 4) is 0 Å². The van der Waals surface area contributed by atoms with E-state index in [1.54, 1.807) is 18.2 Å². The molecule has 28 heavy (non-hydrogen) atoms. The summed E-state index contributed by atoms with van der Waals surface area (Å²) in [6.07, 6.45) is 3.59. The summed E-state index contributed by atoms with van der Waals surface area (Å²) >= 11 is 5.76. The first-order valence-corrected chi connectivity index (χ1v) is 10.7. The summed E-state index contributed by atoms with van der Waals surface area (Å²) < 4.78 is 31.5. The zero-order chi connectivity index (χ0) is 20.3. The summed E-state index contributed by atoms with van der Waals surface area (Å²) in [5.74, 6) is -0.576. The van der Waals surface area contributed by atoms with Crippen LogP contribution in [0.3, 0.4) is 0 Å². The number of sulfonamides is 1. The molecule has 1 fully saturated rings. The second kappa shape index (κ2) is 8.46. The highest BCUT2D eigenvalue weighted by atomic mass is 35.5. The summed E-state index contributed by atoms with van der Waals surface area (Å²) in [5, 5.41) is 0.355. The average Bonchev–Trinajstić information content (AvgIpc) is 3.21. The average molecular weight is 424 g/mol. The van der Waals surface area contributed by atoms with Crippen LogP contribution in [-0.2, 0) is 21.4 Å². The number of aromatic nitrogens is 1. The van der Waals surface area contributed by atoms with Crippen LogP contribution in [0.1, 0.15) is 28.8 Å². The Morgan fingerprint density at radius 2 is 1.93 bits per heavy atom. The van der Waals surface area contributed by atoms with E-state index < -0.39 is 16.0 Å². The van der Waals surface area contributed by atoms with Crippen molar-refractivity contribution < 1.29 is 17.9 Å².